The molecular formula is C40H58ClN5O6. The van der Waals surface area contributed by atoms with Crippen LogP contribution < -0.4 is 16.0 Å². The lowest BCUT2D eigenvalue weighted by Crippen LogP contribution is -2.56. The minimum Gasteiger partial charge on any atom is -0.387 e. The van der Waals surface area contributed by atoms with Crippen LogP contribution >= 0.6 is 11.6 Å². The molecule has 2 saturated heterocycles. The van der Waals surface area contributed by atoms with Gasteiger partial charge in [-0.3, -0.25) is 24.0 Å². The normalized spacial score (nSPS) is 27.6. The van der Waals surface area contributed by atoms with Crippen molar-refractivity contribution in [1.29, 1.82) is 0 Å². The van der Waals surface area contributed by atoms with E-state index in [2.05, 4.69) is 21.1 Å². The number of fused-ring (bicyclic) bond motifs is 1. The Labute approximate surface area is 313 Å². The smallest absolute Gasteiger partial charge is 0.289 e. The van der Waals surface area contributed by atoms with Gasteiger partial charge in [0, 0.05) is 29.5 Å². The second kappa shape index (κ2) is 19.0. The topological polar surface area (TPSA) is 146 Å². The van der Waals surface area contributed by atoms with Crippen LogP contribution in [0.4, 0.5) is 0 Å². The molecule has 4 fully saturated rings. The third kappa shape index (κ3) is 11.8. The number of nitrogens with zero attached hydrogens (tertiary/aromatic N) is 2. The van der Waals surface area contributed by atoms with Gasteiger partial charge in [0.25, 0.3) is 5.91 Å². The van der Waals surface area contributed by atoms with Gasteiger partial charge >= 0.3 is 0 Å². The van der Waals surface area contributed by atoms with Crippen LogP contribution in [0.25, 0.3) is 0 Å². The Bertz CT molecular complexity index is 1460. The van der Waals surface area contributed by atoms with Crippen LogP contribution in [0.3, 0.4) is 0 Å². The zero-order chi connectivity index (χ0) is 37.1. The second-order valence-electron chi connectivity index (χ2n) is 15.8. The highest BCUT2D eigenvalue weighted by atomic mass is 35.5. The molecule has 286 valence electrons. The Morgan fingerprint density at radius 1 is 0.904 bits per heavy atom. The summed E-state index contributed by atoms with van der Waals surface area (Å²) in [6.45, 7) is 3.65. The molecule has 2 aliphatic carbocycles. The molecule has 3 N–H and O–H groups in total. The van der Waals surface area contributed by atoms with Crippen molar-refractivity contribution in [3.05, 3.63) is 34.9 Å². The number of carbonyl (C=O) groups is 5. The van der Waals surface area contributed by atoms with Gasteiger partial charge < -0.3 is 25.7 Å². The van der Waals surface area contributed by atoms with Crippen molar-refractivity contribution < 1.29 is 28.8 Å². The third-order valence-corrected chi connectivity index (χ3v) is 11.3. The van der Waals surface area contributed by atoms with E-state index in [-0.39, 0.29) is 30.8 Å². The SMILES string of the molecule is C/C(=N\O[C@]1(C)C[C@H]2C(=O)N[C@H](C(=O)C(=O)NC3CC3)CCCCCCCCC[C@H](NC(=O)CC3CCCCCC3)C(=O)N2C1)c1cccc(Cl)c1. The molecule has 0 bridgehead atoms. The number of oxime groups is 1. The fourth-order valence-electron chi connectivity index (χ4n) is 7.83. The molecule has 2 aliphatic heterocycles. The Kier molecular flexibility index (Phi) is 14.5. The fraction of sp³-hybridized carbons (Fsp3) is 0.700. The molecule has 4 aliphatic rings. The summed E-state index contributed by atoms with van der Waals surface area (Å²) in [5.41, 5.74) is 0.296. The molecule has 0 unspecified atom stereocenters. The van der Waals surface area contributed by atoms with Gasteiger partial charge in [-0.1, -0.05) is 99.5 Å². The zero-order valence-corrected chi connectivity index (χ0v) is 31.8. The Hall–Kier alpha value is -3.47. The molecule has 52 heavy (non-hydrogen) atoms. The van der Waals surface area contributed by atoms with Crippen LogP contribution in [0.5, 0.6) is 0 Å². The first-order valence-corrected chi connectivity index (χ1v) is 20.1. The number of ketones is 1. The molecule has 2 saturated carbocycles. The zero-order valence-electron chi connectivity index (χ0n) is 31.1. The molecule has 0 aromatic heterocycles. The van der Waals surface area contributed by atoms with E-state index >= 15 is 0 Å². The van der Waals surface area contributed by atoms with Gasteiger partial charge in [0.1, 0.15) is 12.1 Å². The van der Waals surface area contributed by atoms with E-state index in [9.17, 15) is 24.0 Å². The highest BCUT2D eigenvalue weighted by molar-refractivity contribution is 6.38. The monoisotopic (exact) mass is 739 g/mol. The summed E-state index contributed by atoms with van der Waals surface area (Å²) in [4.78, 5) is 76.2. The molecular weight excluding hydrogens is 682 g/mol. The number of rotatable bonds is 9. The van der Waals surface area contributed by atoms with Crippen LogP contribution in [0, 0.1) is 5.92 Å². The number of hydrogen-bond acceptors (Lipinski definition) is 7. The lowest BCUT2D eigenvalue weighted by molar-refractivity contribution is -0.143. The minimum absolute atomic E-state index is 0.00442. The van der Waals surface area contributed by atoms with E-state index in [1.54, 1.807) is 19.1 Å². The number of nitrogens with one attached hydrogen (secondary N) is 3. The molecule has 1 aromatic rings. The van der Waals surface area contributed by atoms with Crippen LogP contribution in [0.15, 0.2) is 29.4 Å². The molecule has 0 radical (unpaired) electrons. The van der Waals surface area contributed by atoms with E-state index in [1.807, 2.05) is 19.1 Å². The van der Waals surface area contributed by atoms with Crippen molar-refractivity contribution in [3.8, 4) is 0 Å². The molecule has 2 heterocycles. The number of amides is 4. The van der Waals surface area contributed by atoms with Gasteiger partial charge in [0.2, 0.25) is 23.5 Å². The maximum absolute atomic E-state index is 14.6. The van der Waals surface area contributed by atoms with Gasteiger partial charge in [0.05, 0.1) is 18.3 Å². The summed E-state index contributed by atoms with van der Waals surface area (Å²) >= 11 is 6.21. The maximum Gasteiger partial charge on any atom is 0.289 e. The van der Waals surface area contributed by atoms with Crippen LogP contribution in [-0.2, 0) is 28.8 Å². The number of Topliss-reactive ketones (excluding diaryl/α,β-unsaturated/α-hetero) is 1. The molecule has 4 amide bonds. The fourth-order valence-corrected chi connectivity index (χ4v) is 8.02. The molecule has 12 heteroatoms. The summed E-state index contributed by atoms with van der Waals surface area (Å²) in [6, 6.07) is 4.43. The summed E-state index contributed by atoms with van der Waals surface area (Å²) in [5.74, 6) is -2.05. The van der Waals surface area contributed by atoms with Crippen LogP contribution in [0.1, 0.15) is 141 Å². The van der Waals surface area contributed by atoms with Crippen molar-refractivity contribution in [2.24, 2.45) is 11.1 Å². The minimum atomic E-state index is -1.06. The van der Waals surface area contributed by atoms with Gasteiger partial charge in [0.15, 0.2) is 5.60 Å². The first-order valence-electron chi connectivity index (χ1n) is 19.7. The molecule has 0 spiro atoms. The molecule has 5 rings (SSSR count). The summed E-state index contributed by atoms with van der Waals surface area (Å²) in [7, 11) is 0. The van der Waals surface area contributed by atoms with E-state index in [0.29, 0.717) is 42.3 Å². The van der Waals surface area contributed by atoms with Crippen molar-refractivity contribution >= 4 is 46.7 Å². The number of halogens is 1. The molecule has 11 nitrogen and oxygen atoms in total. The van der Waals surface area contributed by atoms with E-state index in [0.717, 1.165) is 82.6 Å². The first-order chi connectivity index (χ1) is 25.0. The predicted octanol–water partition coefficient (Wildman–Crippen LogP) is 6.14. The Morgan fingerprint density at radius 2 is 1.54 bits per heavy atom. The molecule has 1 aromatic carbocycles. The third-order valence-electron chi connectivity index (χ3n) is 11.1. The van der Waals surface area contributed by atoms with Crippen LogP contribution in [-0.4, -0.2) is 76.3 Å². The van der Waals surface area contributed by atoms with Crippen molar-refractivity contribution in [1.82, 2.24) is 20.9 Å². The van der Waals surface area contributed by atoms with Gasteiger partial charge in [-0.2, -0.15) is 0 Å². The standard InChI is InChI=1S/C40H58ClN5O6/c1-27(29-17-14-18-30(41)24-29)45-52-40(2)25-34-37(49)44-32(36(48)38(50)42-31-21-22-31)19-12-6-4-3-5-7-13-20-33(39(51)46(34)26-40)43-35(47)23-28-15-10-8-9-11-16-28/h14,17-18,24,28,31-34H,3-13,15-16,19-23,25-26H2,1-2H3,(H,42,50)(H,43,47)(H,44,49)/b45-27+/t32-,33-,34-,40+/m0/s1. The quantitative estimate of drug-likeness (QED) is 0.120. The molecule has 4 atom stereocenters. The van der Waals surface area contributed by atoms with Gasteiger partial charge in [-0.05, 0) is 70.4 Å². The van der Waals surface area contributed by atoms with Crippen molar-refractivity contribution in [3.63, 3.8) is 0 Å². The van der Waals surface area contributed by atoms with E-state index in [1.165, 1.54) is 17.7 Å². The average Bonchev–Trinajstić information content (AvgIpc) is 3.91. The highest BCUT2D eigenvalue weighted by Crippen LogP contribution is 2.33. The second-order valence-corrected chi connectivity index (χ2v) is 16.3. The number of hydrogen-bond donors (Lipinski definition) is 3. The van der Waals surface area contributed by atoms with Gasteiger partial charge in [-0.25, -0.2) is 0 Å². The lowest BCUT2D eigenvalue weighted by atomic mass is 9.95. The van der Waals surface area contributed by atoms with Crippen LogP contribution in [0.2, 0.25) is 5.02 Å². The predicted molar refractivity (Wildman–Crippen MR) is 201 cm³/mol. The van der Waals surface area contributed by atoms with E-state index < -0.39 is 41.3 Å². The van der Waals surface area contributed by atoms with Crippen molar-refractivity contribution in [2.75, 3.05) is 6.54 Å². The summed E-state index contributed by atoms with van der Waals surface area (Å²) < 4.78 is 0. The Morgan fingerprint density at radius 3 is 2.19 bits per heavy atom. The number of benzene rings is 1. The summed E-state index contributed by atoms with van der Waals surface area (Å²) in [5, 5.41) is 13.7. The summed E-state index contributed by atoms with van der Waals surface area (Å²) in [6.07, 6.45) is 15.9. The Balaban J connectivity index is 1.39. The van der Waals surface area contributed by atoms with Crippen molar-refractivity contribution in [2.45, 2.75) is 166 Å². The lowest BCUT2D eigenvalue weighted by Gasteiger charge is -2.30. The average molecular weight is 740 g/mol. The highest BCUT2D eigenvalue weighted by Gasteiger charge is 2.50. The first kappa shape index (κ1) is 39.7. The number of carbonyl (C=O) groups excluding carboxylic acids is 5. The largest absolute Gasteiger partial charge is 0.387 e. The van der Waals surface area contributed by atoms with E-state index in [4.69, 9.17) is 16.4 Å². The van der Waals surface area contributed by atoms with Gasteiger partial charge in [-0.15, -0.1) is 0 Å². The maximum atomic E-state index is 14.6.